The third kappa shape index (κ3) is 5.48. The monoisotopic (exact) mass is 252 g/mol. The molecule has 0 aliphatic carbocycles. The minimum absolute atomic E-state index is 0.0198. The van der Waals surface area contributed by atoms with E-state index in [1.54, 1.807) is 23.3 Å². The van der Waals surface area contributed by atoms with E-state index in [0.29, 0.717) is 32.6 Å². The Hall–Kier alpha value is -1.38. The number of hydrogen-bond donors (Lipinski definition) is 0. The number of carbonyl (C=O) groups is 1. The standard InChI is InChI=1S/C12H16N2O2S/c1-14(7-3-6-13)12(15)5-8-16-10-11-4-2-9-17-11/h2,4,9H,3,5,7-8,10H2,1H3. The molecule has 1 aromatic rings. The summed E-state index contributed by atoms with van der Waals surface area (Å²) in [6.07, 6.45) is 0.742. The molecule has 0 saturated heterocycles. The van der Waals surface area contributed by atoms with Crippen molar-refractivity contribution in [2.45, 2.75) is 19.4 Å². The van der Waals surface area contributed by atoms with Crippen LogP contribution in [0.1, 0.15) is 17.7 Å². The van der Waals surface area contributed by atoms with Crippen molar-refractivity contribution < 1.29 is 9.53 Å². The molecule has 0 fully saturated rings. The zero-order valence-electron chi connectivity index (χ0n) is 9.89. The smallest absolute Gasteiger partial charge is 0.224 e. The van der Waals surface area contributed by atoms with Crippen molar-refractivity contribution in [1.82, 2.24) is 4.90 Å². The number of amides is 1. The average molecular weight is 252 g/mol. The topological polar surface area (TPSA) is 53.3 Å². The maximum atomic E-state index is 11.5. The maximum Gasteiger partial charge on any atom is 0.224 e. The fraction of sp³-hybridized carbons (Fsp3) is 0.500. The van der Waals surface area contributed by atoms with E-state index in [4.69, 9.17) is 10.00 Å². The van der Waals surface area contributed by atoms with Gasteiger partial charge in [-0.25, -0.2) is 0 Å². The van der Waals surface area contributed by atoms with Gasteiger partial charge in [-0.05, 0) is 11.4 Å². The number of nitriles is 1. The lowest BCUT2D eigenvalue weighted by Crippen LogP contribution is -2.28. The second kappa shape index (κ2) is 7.82. The van der Waals surface area contributed by atoms with E-state index in [0.717, 1.165) is 4.88 Å². The van der Waals surface area contributed by atoms with Crippen LogP contribution in [-0.2, 0) is 16.1 Å². The van der Waals surface area contributed by atoms with E-state index in [-0.39, 0.29) is 5.91 Å². The molecular formula is C12H16N2O2S. The number of nitrogens with zero attached hydrogens (tertiary/aromatic N) is 2. The van der Waals surface area contributed by atoms with Crippen LogP contribution >= 0.6 is 11.3 Å². The molecule has 1 amide bonds. The van der Waals surface area contributed by atoms with E-state index in [1.165, 1.54) is 0 Å². The lowest BCUT2D eigenvalue weighted by molar-refractivity contribution is -0.131. The van der Waals surface area contributed by atoms with Crippen molar-refractivity contribution in [2.75, 3.05) is 20.2 Å². The first-order valence-electron chi connectivity index (χ1n) is 5.45. The van der Waals surface area contributed by atoms with Gasteiger partial charge >= 0.3 is 0 Å². The normalized spacial score (nSPS) is 9.88. The molecule has 0 bridgehead atoms. The van der Waals surface area contributed by atoms with Gasteiger partial charge in [-0.1, -0.05) is 6.07 Å². The highest BCUT2D eigenvalue weighted by Gasteiger charge is 2.07. The molecular weight excluding hydrogens is 236 g/mol. The first-order valence-corrected chi connectivity index (χ1v) is 6.33. The molecule has 0 saturated carbocycles. The summed E-state index contributed by atoms with van der Waals surface area (Å²) in [5.41, 5.74) is 0. The van der Waals surface area contributed by atoms with Gasteiger partial charge < -0.3 is 9.64 Å². The Morgan fingerprint density at radius 3 is 3.12 bits per heavy atom. The molecule has 0 N–H and O–H groups in total. The highest BCUT2D eigenvalue weighted by molar-refractivity contribution is 7.09. The van der Waals surface area contributed by atoms with Gasteiger partial charge in [0.25, 0.3) is 0 Å². The molecule has 1 heterocycles. The van der Waals surface area contributed by atoms with Crippen molar-refractivity contribution in [3.63, 3.8) is 0 Å². The number of ether oxygens (including phenoxy) is 1. The Morgan fingerprint density at radius 1 is 1.65 bits per heavy atom. The third-order valence-corrected chi connectivity index (χ3v) is 3.12. The molecule has 1 rings (SSSR count). The van der Waals surface area contributed by atoms with Crippen molar-refractivity contribution >= 4 is 17.2 Å². The van der Waals surface area contributed by atoms with Crippen LogP contribution in [0.3, 0.4) is 0 Å². The minimum Gasteiger partial charge on any atom is -0.375 e. The van der Waals surface area contributed by atoms with E-state index in [1.807, 2.05) is 23.6 Å². The number of hydrogen-bond acceptors (Lipinski definition) is 4. The van der Waals surface area contributed by atoms with Crippen molar-refractivity contribution in [2.24, 2.45) is 0 Å². The molecule has 0 aromatic carbocycles. The van der Waals surface area contributed by atoms with Crippen molar-refractivity contribution in [3.8, 4) is 6.07 Å². The van der Waals surface area contributed by atoms with E-state index in [2.05, 4.69) is 0 Å². The lowest BCUT2D eigenvalue weighted by Gasteiger charge is -2.15. The molecule has 17 heavy (non-hydrogen) atoms. The molecule has 0 unspecified atom stereocenters. The van der Waals surface area contributed by atoms with Gasteiger partial charge in [0.05, 0.1) is 32.1 Å². The quantitative estimate of drug-likeness (QED) is 0.698. The SMILES string of the molecule is CN(CCC#N)C(=O)CCOCc1cccs1. The lowest BCUT2D eigenvalue weighted by atomic mass is 10.3. The van der Waals surface area contributed by atoms with Gasteiger partial charge in [0.15, 0.2) is 0 Å². The van der Waals surface area contributed by atoms with Gasteiger partial charge in [-0.15, -0.1) is 11.3 Å². The summed E-state index contributed by atoms with van der Waals surface area (Å²) in [4.78, 5) is 14.3. The van der Waals surface area contributed by atoms with Gasteiger partial charge in [-0.2, -0.15) is 5.26 Å². The Kier molecular flexibility index (Phi) is 6.30. The molecule has 5 heteroatoms. The summed E-state index contributed by atoms with van der Waals surface area (Å²) >= 11 is 1.64. The van der Waals surface area contributed by atoms with Crippen LogP contribution in [0.5, 0.6) is 0 Å². The van der Waals surface area contributed by atoms with Gasteiger partial charge in [0.2, 0.25) is 5.91 Å². The molecule has 0 aliphatic rings. The number of thiophene rings is 1. The molecule has 0 atom stereocenters. The Balaban J connectivity index is 2.09. The van der Waals surface area contributed by atoms with Crippen LogP contribution < -0.4 is 0 Å². The first-order chi connectivity index (χ1) is 8.24. The van der Waals surface area contributed by atoms with Crippen LogP contribution in [0, 0.1) is 11.3 Å². The minimum atomic E-state index is 0.0198. The molecule has 0 aliphatic heterocycles. The van der Waals surface area contributed by atoms with Gasteiger partial charge in [-0.3, -0.25) is 4.79 Å². The van der Waals surface area contributed by atoms with Crippen LogP contribution in [0.2, 0.25) is 0 Å². The van der Waals surface area contributed by atoms with E-state index < -0.39 is 0 Å². The fourth-order valence-corrected chi connectivity index (χ4v) is 1.90. The number of rotatable bonds is 7. The maximum absolute atomic E-state index is 11.5. The zero-order valence-corrected chi connectivity index (χ0v) is 10.7. The Bertz CT molecular complexity index is 370. The second-order valence-corrected chi connectivity index (χ2v) is 4.64. The molecule has 4 nitrogen and oxygen atoms in total. The highest BCUT2D eigenvalue weighted by Crippen LogP contribution is 2.09. The summed E-state index contributed by atoms with van der Waals surface area (Å²) in [6.45, 7) is 1.47. The summed E-state index contributed by atoms with van der Waals surface area (Å²) in [5.74, 6) is 0.0198. The fourth-order valence-electron chi connectivity index (χ4n) is 1.26. The second-order valence-electron chi connectivity index (χ2n) is 3.61. The summed E-state index contributed by atoms with van der Waals surface area (Å²) in [7, 11) is 1.71. The Labute approximate surface area is 105 Å². The highest BCUT2D eigenvalue weighted by atomic mass is 32.1. The molecule has 0 radical (unpaired) electrons. The average Bonchev–Trinajstić information content (AvgIpc) is 2.84. The van der Waals surface area contributed by atoms with Crippen molar-refractivity contribution in [1.29, 1.82) is 5.26 Å². The molecule has 0 spiro atoms. The zero-order chi connectivity index (χ0) is 12.5. The van der Waals surface area contributed by atoms with E-state index in [9.17, 15) is 4.79 Å². The first kappa shape index (κ1) is 13.7. The Morgan fingerprint density at radius 2 is 2.47 bits per heavy atom. The number of carbonyl (C=O) groups excluding carboxylic acids is 1. The predicted octanol–water partition coefficient (Wildman–Crippen LogP) is 2.03. The molecule has 1 aromatic heterocycles. The van der Waals surface area contributed by atoms with Crippen LogP contribution in [-0.4, -0.2) is 31.0 Å². The van der Waals surface area contributed by atoms with E-state index >= 15 is 0 Å². The van der Waals surface area contributed by atoms with Crippen LogP contribution in [0.15, 0.2) is 17.5 Å². The third-order valence-electron chi connectivity index (χ3n) is 2.27. The largest absolute Gasteiger partial charge is 0.375 e. The summed E-state index contributed by atoms with van der Waals surface area (Å²) in [5, 5.41) is 10.4. The predicted molar refractivity (Wildman–Crippen MR) is 66.5 cm³/mol. The van der Waals surface area contributed by atoms with Crippen LogP contribution in [0.25, 0.3) is 0 Å². The van der Waals surface area contributed by atoms with Crippen molar-refractivity contribution in [3.05, 3.63) is 22.4 Å². The summed E-state index contributed by atoms with van der Waals surface area (Å²) in [6, 6.07) is 6.00. The van der Waals surface area contributed by atoms with Crippen LogP contribution in [0.4, 0.5) is 0 Å². The molecule has 92 valence electrons. The van der Waals surface area contributed by atoms with Gasteiger partial charge in [0, 0.05) is 18.5 Å². The van der Waals surface area contributed by atoms with Gasteiger partial charge in [0.1, 0.15) is 0 Å². The summed E-state index contributed by atoms with van der Waals surface area (Å²) < 4.78 is 5.40.